The highest BCUT2D eigenvalue weighted by molar-refractivity contribution is 5.37. The Labute approximate surface area is 90.0 Å². The molecular weight excluding hydrogens is 190 g/mol. The van der Waals surface area contributed by atoms with Crippen molar-refractivity contribution in [3.63, 3.8) is 0 Å². The van der Waals surface area contributed by atoms with Crippen molar-refractivity contribution < 1.29 is 5.11 Å². The van der Waals surface area contributed by atoms with Crippen LogP contribution in [0.3, 0.4) is 0 Å². The van der Waals surface area contributed by atoms with Crippen LogP contribution in [0.2, 0.25) is 0 Å². The van der Waals surface area contributed by atoms with Gasteiger partial charge in [0.2, 0.25) is 0 Å². The van der Waals surface area contributed by atoms with Crippen LogP contribution in [0.4, 0.5) is 5.82 Å². The maximum atomic E-state index is 8.98. The standard InChI is InChI=1S/C11H17N3O/c1-8(9-3-4-9)14(2)11-6-12-5-10(7-15)13-11/h5-6,8-9,15H,3-4,7H2,1-2H3. The summed E-state index contributed by atoms with van der Waals surface area (Å²) in [6, 6.07) is 0.508. The van der Waals surface area contributed by atoms with Gasteiger partial charge in [0.1, 0.15) is 5.82 Å². The van der Waals surface area contributed by atoms with Crippen molar-refractivity contribution in [2.75, 3.05) is 11.9 Å². The summed E-state index contributed by atoms with van der Waals surface area (Å²) in [4.78, 5) is 10.6. The zero-order chi connectivity index (χ0) is 10.8. The molecule has 1 aliphatic carbocycles. The van der Waals surface area contributed by atoms with Gasteiger partial charge in [-0.3, -0.25) is 4.98 Å². The van der Waals surface area contributed by atoms with E-state index in [1.165, 1.54) is 12.8 Å². The van der Waals surface area contributed by atoms with E-state index >= 15 is 0 Å². The lowest BCUT2D eigenvalue weighted by Gasteiger charge is -2.25. The van der Waals surface area contributed by atoms with Gasteiger partial charge in [0.25, 0.3) is 0 Å². The third-order valence-electron chi connectivity index (χ3n) is 3.11. The first kappa shape index (κ1) is 10.4. The van der Waals surface area contributed by atoms with Gasteiger partial charge in [-0.25, -0.2) is 4.98 Å². The first-order valence-corrected chi connectivity index (χ1v) is 5.37. The molecule has 0 saturated heterocycles. The molecule has 1 N–H and O–H groups in total. The molecule has 0 aliphatic heterocycles. The van der Waals surface area contributed by atoms with Crippen LogP contribution < -0.4 is 4.90 Å². The average molecular weight is 207 g/mol. The lowest BCUT2D eigenvalue weighted by atomic mass is 10.2. The molecule has 0 radical (unpaired) electrons. The number of hydrogen-bond donors (Lipinski definition) is 1. The van der Waals surface area contributed by atoms with Crippen molar-refractivity contribution in [3.8, 4) is 0 Å². The summed E-state index contributed by atoms with van der Waals surface area (Å²) >= 11 is 0. The lowest BCUT2D eigenvalue weighted by molar-refractivity contribution is 0.276. The number of anilines is 1. The fourth-order valence-corrected chi connectivity index (χ4v) is 1.74. The van der Waals surface area contributed by atoms with Crippen LogP contribution in [-0.4, -0.2) is 28.2 Å². The smallest absolute Gasteiger partial charge is 0.147 e. The molecule has 1 heterocycles. The zero-order valence-electron chi connectivity index (χ0n) is 9.22. The topological polar surface area (TPSA) is 49.2 Å². The van der Waals surface area contributed by atoms with E-state index in [0.717, 1.165) is 11.7 Å². The van der Waals surface area contributed by atoms with E-state index in [-0.39, 0.29) is 6.61 Å². The van der Waals surface area contributed by atoms with Crippen LogP contribution in [0.5, 0.6) is 0 Å². The quantitative estimate of drug-likeness (QED) is 0.806. The summed E-state index contributed by atoms with van der Waals surface area (Å²) < 4.78 is 0. The minimum atomic E-state index is -0.0491. The molecule has 4 nitrogen and oxygen atoms in total. The summed E-state index contributed by atoms with van der Waals surface area (Å²) in [6.07, 6.45) is 5.98. The SMILES string of the molecule is CC(C1CC1)N(C)c1cncc(CO)n1. The van der Waals surface area contributed by atoms with Gasteiger partial charge in [0, 0.05) is 13.1 Å². The third kappa shape index (κ3) is 2.26. The predicted octanol–water partition coefficient (Wildman–Crippen LogP) is 1.20. The lowest BCUT2D eigenvalue weighted by Crippen LogP contribution is -2.31. The molecule has 0 bridgehead atoms. The van der Waals surface area contributed by atoms with Gasteiger partial charge in [-0.2, -0.15) is 0 Å². The molecule has 15 heavy (non-hydrogen) atoms. The number of aliphatic hydroxyl groups excluding tert-OH is 1. The van der Waals surface area contributed by atoms with Gasteiger partial charge in [-0.15, -0.1) is 0 Å². The molecule has 1 aromatic rings. The molecule has 1 aliphatic rings. The highest BCUT2D eigenvalue weighted by Crippen LogP contribution is 2.35. The highest BCUT2D eigenvalue weighted by Gasteiger charge is 2.31. The Morgan fingerprint density at radius 1 is 1.53 bits per heavy atom. The van der Waals surface area contributed by atoms with Crippen LogP contribution >= 0.6 is 0 Å². The molecule has 4 heteroatoms. The van der Waals surface area contributed by atoms with Gasteiger partial charge in [0.05, 0.1) is 24.7 Å². The van der Waals surface area contributed by atoms with E-state index in [4.69, 9.17) is 5.11 Å². The molecule has 1 fully saturated rings. The Kier molecular flexibility index (Phi) is 2.86. The van der Waals surface area contributed by atoms with E-state index in [1.807, 2.05) is 7.05 Å². The molecule has 1 unspecified atom stereocenters. The van der Waals surface area contributed by atoms with Crippen LogP contribution in [0.1, 0.15) is 25.5 Å². The highest BCUT2D eigenvalue weighted by atomic mass is 16.3. The van der Waals surface area contributed by atoms with E-state index in [1.54, 1.807) is 12.4 Å². The molecule has 1 atom stereocenters. The maximum Gasteiger partial charge on any atom is 0.147 e. The molecule has 0 amide bonds. The summed E-state index contributed by atoms with van der Waals surface area (Å²) in [5.41, 5.74) is 0.627. The van der Waals surface area contributed by atoms with Gasteiger partial charge in [0.15, 0.2) is 0 Å². The summed E-state index contributed by atoms with van der Waals surface area (Å²) in [6.45, 7) is 2.16. The van der Waals surface area contributed by atoms with Crippen LogP contribution in [0, 0.1) is 5.92 Å². The molecule has 1 aromatic heterocycles. The number of aliphatic hydroxyl groups is 1. The number of hydrogen-bond acceptors (Lipinski definition) is 4. The van der Waals surface area contributed by atoms with E-state index in [2.05, 4.69) is 21.8 Å². The first-order valence-electron chi connectivity index (χ1n) is 5.37. The minimum absolute atomic E-state index is 0.0491. The average Bonchev–Trinajstić information content (AvgIpc) is 3.11. The number of rotatable bonds is 4. The van der Waals surface area contributed by atoms with E-state index in [0.29, 0.717) is 11.7 Å². The normalized spacial score (nSPS) is 17.5. The monoisotopic (exact) mass is 207 g/mol. The second-order valence-corrected chi connectivity index (χ2v) is 4.22. The van der Waals surface area contributed by atoms with E-state index < -0.39 is 0 Å². The van der Waals surface area contributed by atoms with Crippen molar-refractivity contribution in [3.05, 3.63) is 18.1 Å². The van der Waals surface area contributed by atoms with Gasteiger partial charge in [-0.1, -0.05) is 0 Å². The maximum absolute atomic E-state index is 8.98. The summed E-state index contributed by atoms with van der Waals surface area (Å²) in [5.74, 6) is 1.65. The third-order valence-corrected chi connectivity index (χ3v) is 3.11. The Bertz CT molecular complexity index is 338. The minimum Gasteiger partial charge on any atom is -0.390 e. The Morgan fingerprint density at radius 3 is 2.87 bits per heavy atom. The first-order chi connectivity index (χ1) is 7.22. The molecular formula is C11H17N3O. The van der Waals surface area contributed by atoms with Crippen molar-refractivity contribution >= 4 is 5.82 Å². The van der Waals surface area contributed by atoms with Crippen molar-refractivity contribution in [2.24, 2.45) is 5.92 Å². The van der Waals surface area contributed by atoms with Gasteiger partial charge < -0.3 is 10.0 Å². The fourth-order valence-electron chi connectivity index (χ4n) is 1.74. The second-order valence-electron chi connectivity index (χ2n) is 4.22. The van der Waals surface area contributed by atoms with Gasteiger partial charge in [-0.05, 0) is 25.7 Å². The Morgan fingerprint density at radius 2 is 2.27 bits per heavy atom. The molecule has 2 rings (SSSR count). The molecule has 1 saturated carbocycles. The zero-order valence-corrected chi connectivity index (χ0v) is 9.22. The molecule has 0 spiro atoms. The van der Waals surface area contributed by atoms with Crippen molar-refractivity contribution in [2.45, 2.75) is 32.4 Å². The number of nitrogens with zero attached hydrogens (tertiary/aromatic N) is 3. The van der Waals surface area contributed by atoms with E-state index in [9.17, 15) is 0 Å². The summed E-state index contributed by atoms with van der Waals surface area (Å²) in [7, 11) is 2.04. The number of aromatic nitrogens is 2. The molecule has 82 valence electrons. The van der Waals surface area contributed by atoms with Crippen molar-refractivity contribution in [1.82, 2.24) is 9.97 Å². The fraction of sp³-hybridized carbons (Fsp3) is 0.636. The molecule has 0 aromatic carbocycles. The van der Waals surface area contributed by atoms with Gasteiger partial charge >= 0.3 is 0 Å². The van der Waals surface area contributed by atoms with Crippen molar-refractivity contribution in [1.29, 1.82) is 0 Å². The summed E-state index contributed by atoms with van der Waals surface area (Å²) in [5, 5.41) is 8.98. The predicted molar refractivity (Wildman–Crippen MR) is 58.5 cm³/mol. The second kappa shape index (κ2) is 4.14. The van der Waals surface area contributed by atoms with Crippen LogP contribution in [-0.2, 0) is 6.61 Å². The Balaban J connectivity index is 2.12. The largest absolute Gasteiger partial charge is 0.390 e. The Hall–Kier alpha value is -1.16. The van der Waals surface area contributed by atoms with Crippen LogP contribution in [0.25, 0.3) is 0 Å². The van der Waals surface area contributed by atoms with Crippen LogP contribution in [0.15, 0.2) is 12.4 Å².